The number of halogens is 2. The van der Waals surface area contributed by atoms with Gasteiger partial charge in [-0.1, -0.05) is 17.7 Å². The molecule has 0 saturated heterocycles. The molecule has 2 nitrogen and oxygen atoms in total. The average Bonchev–Trinajstić information content (AvgIpc) is 2.88. The van der Waals surface area contributed by atoms with Gasteiger partial charge in [0.1, 0.15) is 0 Å². The van der Waals surface area contributed by atoms with E-state index in [4.69, 9.17) is 11.6 Å². The van der Waals surface area contributed by atoms with E-state index in [0.717, 1.165) is 17.3 Å². The fourth-order valence-corrected chi connectivity index (χ4v) is 1.91. The van der Waals surface area contributed by atoms with Crippen molar-refractivity contribution in [3.8, 4) is 0 Å². The van der Waals surface area contributed by atoms with E-state index in [0.29, 0.717) is 10.6 Å². The predicted molar refractivity (Wildman–Crippen MR) is 64.3 cm³/mol. The van der Waals surface area contributed by atoms with Gasteiger partial charge in [-0.3, -0.25) is 4.79 Å². The minimum absolute atomic E-state index is 0.0112. The molecule has 0 aromatic heterocycles. The zero-order valence-electron chi connectivity index (χ0n) is 8.31. The van der Waals surface area contributed by atoms with Crippen molar-refractivity contribution in [1.29, 1.82) is 0 Å². The Bertz CT molecular complexity index is 415. The summed E-state index contributed by atoms with van der Waals surface area (Å²) in [6, 6.07) is 5.35. The first-order valence-corrected chi connectivity index (χ1v) is 5.95. The van der Waals surface area contributed by atoms with E-state index in [1.54, 1.807) is 12.1 Å². The smallest absolute Gasteiger partial charge is 0.253 e. The second-order valence-electron chi connectivity index (χ2n) is 4.12. The monoisotopic (exact) mass is 287 g/mol. The molecule has 1 saturated carbocycles. The fraction of sp³-hybridized carbons (Fsp3) is 0.364. The van der Waals surface area contributed by atoms with Crippen molar-refractivity contribution < 1.29 is 4.79 Å². The molecule has 0 atom stereocenters. The highest BCUT2D eigenvalue weighted by Crippen LogP contribution is 2.35. The molecule has 2 rings (SSSR count). The molecule has 1 N–H and O–H groups in total. The summed E-state index contributed by atoms with van der Waals surface area (Å²) in [5.41, 5.74) is 0.516. The molecule has 0 heterocycles. The molecule has 0 spiro atoms. The number of hydrogen-bond acceptors (Lipinski definition) is 1. The summed E-state index contributed by atoms with van der Waals surface area (Å²) >= 11 is 9.33. The minimum Gasteiger partial charge on any atom is -0.347 e. The molecule has 1 aromatic rings. The summed E-state index contributed by atoms with van der Waals surface area (Å²) in [6.07, 6.45) is 2.09. The Morgan fingerprint density at radius 3 is 2.80 bits per heavy atom. The van der Waals surface area contributed by atoms with Crippen LogP contribution in [-0.4, -0.2) is 11.4 Å². The van der Waals surface area contributed by atoms with E-state index in [1.165, 1.54) is 0 Å². The third-order valence-corrected chi connectivity index (χ3v) is 3.91. The van der Waals surface area contributed by atoms with E-state index in [1.807, 2.05) is 13.0 Å². The summed E-state index contributed by atoms with van der Waals surface area (Å²) in [4.78, 5) is 11.9. The summed E-state index contributed by atoms with van der Waals surface area (Å²) in [6.45, 7) is 2.04. The third-order valence-electron chi connectivity index (χ3n) is 2.61. The van der Waals surface area contributed by atoms with Crippen molar-refractivity contribution in [2.24, 2.45) is 0 Å². The van der Waals surface area contributed by atoms with Crippen molar-refractivity contribution in [3.63, 3.8) is 0 Å². The standard InChI is InChI=1S/C11H11BrClNO/c1-11(5-6-11)14-10(15)7-3-2-4-8(12)9(7)13/h2-4H,5-6H2,1H3,(H,14,15). The fourth-order valence-electron chi connectivity index (χ4n) is 1.33. The lowest BCUT2D eigenvalue weighted by Crippen LogP contribution is -2.34. The van der Waals surface area contributed by atoms with Crippen LogP contribution in [0, 0.1) is 0 Å². The molecule has 1 fully saturated rings. The van der Waals surface area contributed by atoms with Crippen LogP contribution in [0.5, 0.6) is 0 Å². The molecule has 0 aliphatic heterocycles. The van der Waals surface area contributed by atoms with Gasteiger partial charge in [0.05, 0.1) is 10.6 Å². The highest BCUT2D eigenvalue weighted by Gasteiger charge is 2.39. The molecule has 15 heavy (non-hydrogen) atoms. The Labute approximate surface area is 102 Å². The van der Waals surface area contributed by atoms with E-state index >= 15 is 0 Å². The van der Waals surface area contributed by atoms with Crippen LogP contribution in [0.1, 0.15) is 30.1 Å². The van der Waals surface area contributed by atoms with Crippen LogP contribution in [-0.2, 0) is 0 Å². The molecule has 1 aromatic carbocycles. The number of amides is 1. The molecule has 1 aliphatic rings. The third kappa shape index (κ3) is 2.34. The second kappa shape index (κ2) is 3.80. The quantitative estimate of drug-likeness (QED) is 0.888. The highest BCUT2D eigenvalue weighted by molar-refractivity contribution is 9.10. The van der Waals surface area contributed by atoms with E-state index in [2.05, 4.69) is 21.2 Å². The summed E-state index contributed by atoms with van der Waals surface area (Å²) in [5.74, 6) is -0.0960. The summed E-state index contributed by atoms with van der Waals surface area (Å²) in [7, 11) is 0. The zero-order chi connectivity index (χ0) is 11.1. The molecule has 0 radical (unpaired) electrons. The lowest BCUT2D eigenvalue weighted by molar-refractivity contribution is 0.0935. The van der Waals surface area contributed by atoms with Crippen LogP contribution in [0.2, 0.25) is 5.02 Å². The van der Waals surface area contributed by atoms with Crippen molar-refractivity contribution in [1.82, 2.24) is 5.32 Å². The van der Waals surface area contributed by atoms with Gasteiger partial charge in [0.15, 0.2) is 0 Å². The SMILES string of the molecule is CC1(NC(=O)c2cccc(Br)c2Cl)CC1. The summed E-state index contributed by atoms with van der Waals surface area (Å²) in [5, 5.41) is 3.44. The number of carbonyl (C=O) groups is 1. The molecule has 4 heteroatoms. The van der Waals surface area contributed by atoms with Gasteiger partial charge < -0.3 is 5.32 Å². The Kier molecular flexibility index (Phi) is 2.77. The van der Waals surface area contributed by atoms with Crippen molar-refractivity contribution >= 4 is 33.4 Å². The van der Waals surface area contributed by atoms with Crippen LogP contribution in [0.4, 0.5) is 0 Å². The Morgan fingerprint density at radius 2 is 2.20 bits per heavy atom. The van der Waals surface area contributed by atoms with Crippen molar-refractivity contribution in [2.75, 3.05) is 0 Å². The van der Waals surface area contributed by atoms with Crippen LogP contribution >= 0.6 is 27.5 Å². The van der Waals surface area contributed by atoms with Gasteiger partial charge in [0, 0.05) is 10.0 Å². The molecule has 0 unspecified atom stereocenters. The topological polar surface area (TPSA) is 29.1 Å². The maximum Gasteiger partial charge on any atom is 0.253 e. The van der Waals surface area contributed by atoms with Crippen molar-refractivity contribution in [2.45, 2.75) is 25.3 Å². The summed E-state index contributed by atoms with van der Waals surface area (Å²) < 4.78 is 0.748. The molecule has 1 amide bonds. The number of nitrogens with one attached hydrogen (secondary N) is 1. The number of rotatable bonds is 2. The lowest BCUT2D eigenvalue weighted by Gasteiger charge is -2.12. The van der Waals surface area contributed by atoms with Crippen molar-refractivity contribution in [3.05, 3.63) is 33.3 Å². The van der Waals surface area contributed by atoms with E-state index < -0.39 is 0 Å². The van der Waals surface area contributed by atoms with Crippen LogP contribution < -0.4 is 5.32 Å². The molecule has 1 aliphatic carbocycles. The van der Waals surface area contributed by atoms with Crippen LogP contribution in [0.3, 0.4) is 0 Å². The molecular weight excluding hydrogens is 277 g/mol. The minimum atomic E-state index is -0.0960. The first-order chi connectivity index (χ1) is 7.02. The number of hydrogen-bond donors (Lipinski definition) is 1. The second-order valence-corrected chi connectivity index (χ2v) is 5.35. The first-order valence-electron chi connectivity index (χ1n) is 4.78. The van der Waals surface area contributed by atoms with Gasteiger partial charge in [-0.15, -0.1) is 0 Å². The Morgan fingerprint density at radius 1 is 1.53 bits per heavy atom. The first kappa shape index (κ1) is 11.0. The van der Waals surface area contributed by atoms with E-state index in [-0.39, 0.29) is 11.4 Å². The van der Waals surface area contributed by atoms with Gasteiger partial charge in [-0.2, -0.15) is 0 Å². The number of benzene rings is 1. The van der Waals surface area contributed by atoms with Gasteiger partial charge in [-0.05, 0) is 47.8 Å². The Hall–Kier alpha value is -0.540. The van der Waals surface area contributed by atoms with Crippen LogP contribution in [0.15, 0.2) is 22.7 Å². The number of carbonyl (C=O) groups excluding carboxylic acids is 1. The highest BCUT2D eigenvalue weighted by atomic mass is 79.9. The molecule has 80 valence electrons. The normalized spacial score (nSPS) is 17.3. The lowest BCUT2D eigenvalue weighted by atomic mass is 10.2. The largest absolute Gasteiger partial charge is 0.347 e. The molecule has 0 bridgehead atoms. The maximum absolute atomic E-state index is 11.9. The van der Waals surface area contributed by atoms with E-state index in [9.17, 15) is 4.79 Å². The van der Waals surface area contributed by atoms with Gasteiger partial charge in [0.2, 0.25) is 0 Å². The maximum atomic E-state index is 11.9. The molecular formula is C11H11BrClNO. The van der Waals surface area contributed by atoms with Crippen LogP contribution in [0.25, 0.3) is 0 Å². The predicted octanol–water partition coefficient (Wildman–Crippen LogP) is 3.38. The van der Waals surface area contributed by atoms with Gasteiger partial charge in [0.25, 0.3) is 5.91 Å². The van der Waals surface area contributed by atoms with Gasteiger partial charge >= 0.3 is 0 Å². The Balaban J connectivity index is 2.21. The zero-order valence-corrected chi connectivity index (χ0v) is 10.7. The van der Waals surface area contributed by atoms with Gasteiger partial charge in [-0.25, -0.2) is 0 Å². The average molecular weight is 289 g/mol.